The summed E-state index contributed by atoms with van der Waals surface area (Å²) in [6, 6.07) is 13.5. The maximum atomic E-state index is 12.9. The molecule has 0 unspecified atom stereocenters. The van der Waals surface area contributed by atoms with Gasteiger partial charge in [0, 0.05) is 10.5 Å². The van der Waals surface area contributed by atoms with Crippen LogP contribution in [0.2, 0.25) is 5.02 Å². The molecule has 1 fully saturated rings. The number of nitro benzene ring substituents is 1. The Bertz CT molecular complexity index is 1430. The molecule has 0 radical (unpaired) electrons. The van der Waals surface area contributed by atoms with Gasteiger partial charge in [-0.05, 0) is 71.9 Å². The van der Waals surface area contributed by atoms with E-state index in [1.54, 1.807) is 24.3 Å². The van der Waals surface area contributed by atoms with Gasteiger partial charge in [-0.15, -0.1) is 0 Å². The largest absolute Gasteiger partial charge is 0.449 e. The minimum absolute atomic E-state index is 0.0114. The second-order valence-electron chi connectivity index (χ2n) is 7.19. The Morgan fingerprint density at radius 3 is 2.42 bits per heavy atom. The van der Waals surface area contributed by atoms with Crippen LogP contribution in [0.4, 0.5) is 24.5 Å². The molecule has 13 heteroatoms. The van der Waals surface area contributed by atoms with Crippen LogP contribution in [-0.4, -0.2) is 16.0 Å². The topological polar surface area (TPSA) is 93.8 Å². The van der Waals surface area contributed by atoms with Crippen LogP contribution in [0.25, 0.3) is 6.08 Å². The molecule has 1 aliphatic rings. The number of aliphatic imine (C=N–C) groups is 1. The number of ether oxygens (including phenoxy) is 1. The lowest BCUT2D eigenvalue weighted by molar-refractivity contribution is -0.385. The van der Waals surface area contributed by atoms with Crippen molar-refractivity contribution in [3.8, 4) is 11.5 Å². The molecule has 1 heterocycles. The Morgan fingerprint density at radius 1 is 1.08 bits per heavy atom. The molecule has 1 amide bonds. The number of amides is 1. The molecule has 184 valence electrons. The lowest BCUT2D eigenvalue weighted by Gasteiger charge is -2.11. The maximum absolute atomic E-state index is 12.9. The fraction of sp³-hybridized carbons (Fsp3) is 0.0435. The van der Waals surface area contributed by atoms with Crippen molar-refractivity contribution in [2.75, 3.05) is 0 Å². The first-order valence-electron chi connectivity index (χ1n) is 9.88. The first-order chi connectivity index (χ1) is 17.0. The van der Waals surface area contributed by atoms with Crippen molar-refractivity contribution in [2.45, 2.75) is 6.18 Å². The fourth-order valence-corrected chi connectivity index (χ4v) is 4.33. The van der Waals surface area contributed by atoms with Gasteiger partial charge in [0.1, 0.15) is 5.75 Å². The van der Waals surface area contributed by atoms with E-state index in [0.717, 1.165) is 22.3 Å². The van der Waals surface area contributed by atoms with Crippen LogP contribution in [0.5, 0.6) is 11.5 Å². The summed E-state index contributed by atoms with van der Waals surface area (Å²) in [5.74, 6) is -0.768. The lowest BCUT2D eigenvalue weighted by Crippen LogP contribution is -2.19. The number of halogens is 5. The Morgan fingerprint density at radius 2 is 1.78 bits per heavy atom. The van der Waals surface area contributed by atoms with Crippen LogP contribution in [0.3, 0.4) is 0 Å². The number of carbonyl (C=O) groups excluding carboxylic acids is 1. The summed E-state index contributed by atoms with van der Waals surface area (Å²) in [6.07, 6.45) is -3.18. The third kappa shape index (κ3) is 6.07. The Balaban J connectivity index is 1.54. The minimum atomic E-state index is -4.75. The first-order valence-corrected chi connectivity index (χ1v) is 11.9. The zero-order valence-electron chi connectivity index (χ0n) is 17.7. The number of benzene rings is 3. The van der Waals surface area contributed by atoms with Gasteiger partial charge in [-0.2, -0.15) is 13.2 Å². The number of alkyl halides is 3. The summed E-state index contributed by atoms with van der Waals surface area (Å²) in [4.78, 5) is 27.4. The molecule has 0 bridgehead atoms. The maximum Gasteiger partial charge on any atom is 0.416 e. The van der Waals surface area contributed by atoms with Crippen molar-refractivity contribution in [2.24, 2.45) is 4.99 Å². The Kier molecular flexibility index (Phi) is 7.38. The fourth-order valence-electron chi connectivity index (χ4n) is 3.00. The third-order valence-electron chi connectivity index (χ3n) is 4.66. The highest BCUT2D eigenvalue weighted by Gasteiger charge is 2.33. The molecular formula is C23H12BrClF3N3O4S. The predicted molar refractivity (Wildman–Crippen MR) is 135 cm³/mol. The molecule has 0 aromatic heterocycles. The summed E-state index contributed by atoms with van der Waals surface area (Å²) in [6.45, 7) is 0. The minimum Gasteiger partial charge on any atom is -0.449 e. The molecule has 3 aromatic rings. The quantitative estimate of drug-likeness (QED) is 0.184. The van der Waals surface area contributed by atoms with E-state index in [0.29, 0.717) is 33.5 Å². The van der Waals surface area contributed by atoms with Gasteiger partial charge in [-0.3, -0.25) is 14.9 Å². The summed E-state index contributed by atoms with van der Waals surface area (Å²) in [5, 5.41) is 14.4. The average molecular weight is 599 g/mol. The molecule has 0 aliphatic carbocycles. The highest BCUT2D eigenvalue weighted by molar-refractivity contribution is 9.10. The number of nitro groups is 1. The average Bonchev–Trinajstić information content (AvgIpc) is 3.15. The van der Waals surface area contributed by atoms with Gasteiger partial charge in [0.15, 0.2) is 5.17 Å². The number of nitrogens with zero attached hydrogens (tertiary/aromatic N) is 2. The summed E-state index contributed by atoms with van der Waals surface area (Å²) < 4.78 is 45.1. The van der Waals surface area contributed by atoms with E-state index >= 15 is 0 Å². The van der Waals surface area contributed by atoms with Gasteiger partial charge in [-0.1, -0.05) is 33.6 Å². The number of rotatable bonds is 5. The first kappa shape index (κ1) is 25.7. The van der Waals surface area contributed by atoms with E-state index in [1.807, 2.05) is 12.1 Å². The molecule has 7 nitrogen and oxygen atoms in total. The lowest BCUT2D eigenvalue weighted by atomic mass is 10.1. The van der Waals surface area contributed by atoms with Crippen molar-refractivity contribution in [3.05, 3.63) is 96.3 Å². The number of carbonyl (C=O) groups is 1. The Hall–Kier alpha value is -3.35. The van der Waals surface area contributed by atoms with E-state index in [9.17, 15) is 28.1 Å². The van der Waals surface area contributed by atoms with Gasteiger partial charge in [-0.25, -0.2) is 4.99 Å². The molecule has 0 atom stereocenters. The van der Waals surface area contributed by atoms with Gasteiger partial charge >= 0.3 is 11.9 Å². The van der Waals surface area contributed by atoms with Crippen LogP contribution in [0.15, 0.2) is 75.0 Å². The molecule has 1 N–H and O–H groups in total. The SMILES string of the molecule is O=C1NC(=Nc2ccc(Br)cc2)S/C1=C\c1ccc(Oc2ccc(C(F)(F)F)cc2[N+](=O)[O-])c(Cl)c1. The summed E-state index contributed by atoms with van der Waals surface area (Å²) >= 11 is 10.7. The summed E-state index contributed by atoms with van der Waals surface area (Å²) in [5.41, 5.74) is -0.852. The van der Waals surface area contributed by atoms with E-state index in [1.165, 1.54) is 12.1 Å². The van der Waals surface area contributed by atoms with Gasteiger partial charge < -0.3 is 10.1 Å². The summed E-state index contributed by atoms with van der Waals surface area (Å²) in [7, 11) is 0. The predicted octanol–water partition coefficient (Wildman–Crippen LogP) is 7.71. The van der Waals surface area contributed by atoms with E-state index in [4.69, 9.17) is 16.3 Å². The molecule has 0 spiro atoms. The number of hydrogen-bond acceptors (Lipinski definition) is 6. The van der Waals surface area contributed by atoms with Crippen molar-refractivity contribution < 1.29 is 27.6 Å². The second-order valence-corrected chi connectivity index (χ2v) is 9.54. The van der Waals surface area contributed by atoms with Crippen molar-refractivity contribution in [1.29, 1.82) is 0 Å². The molecule has 1 aliphatic heterocycles. The number of hydrogen-bond donors (Lipinski definition) is 1. The standard InChI is InChI=1S/C23H12BrClF3N3O4S/c24-14-3-5-15(6-4-14)29-22-30-21(32)20(36-22)10-12-1-7-18(16(25)9-12)35-19-8-2-13(23(26,27)28)11-17(19)31(33)34/h1-11H,(H,29,30,32)/b20-10-. The number of nitrogens with one attached hydrogen (secondary N) is 1. The van der Waals surface area contributed by atoms with Crippen molar-refractivity contribution in [3.63, 3.8) is 0 Å². The van der Waals surface area contributed by atoms with Crippen molar-refractivity contribution in [1.82, 2.24) is 5.32 Å². The van der Waals surface area contributed by atoms with Crippen LogP contribution >= 0.6 is 39.3 Å². The monoisotopic (exact) mass is 597 g/mol. The van der Waals surface area contributed by atoms with Gasteiger partial charge in [0.05, 0.1) is 26.1 Å². The van der Waals surface area contributed by atoms with E-state index in [-0.39, 0.29) is 16.7 Å². The van der Waals surface area contributed by atoms with Crippen LogP contribution < -0.4 is 10.1 Å². The van der Waals surface area contributed by atoms with E-state index in [2.05, 4.69) is 26.2 Å². The zero-order valence-corrected chi connectivity index (χ0v) is 20.8. The number of amidine groups is 1. The second kappa shape index (κ2) is 10.3. The molecule has 0 saturated carbocycles. The normalized spacial score (nSPS) is 15.9. The highest BCUT2D eigenvalue weighted by Crippen LogP contribution is 2.40. The van der Waals surface area contributed by atoms with Crippen LogP contribution in [0.1, 0.15) is 11.1 Å². The molecule has 4 rings (SSSR count). The number of thioether (sulfide) groups is 1. The molecule has 1 saturated heterocycles. The van der Waals surface area contributed by atoms with Crippen molar-refractivity contribution >= 4 is 67.8 Å². The van der Waals surface area contributed by atoms with E-state index < -0.39 is 28.1 Å². The highest BCUT2D eigenvalue weighted by atomic mass is 79.9. The van der Waals surface area contributed by atoms with Crippen LogP contribution in [0, 0.1) is 10.1 Å². The van der Waals surface area contributed by atoms with Gasteiger partial charge in [0.2, 0.25) is 5.75 Å². The van der Waals surface area contributed by atoms with Crippen LogP contribution in [-0.2, 0) is 11.0 Å². The third-order valence-corrected chi connectivity index (χ3v) is 6.40. The Labute approximate surface area is 219 Å². The molecular weight excluding hydrogens is 587 g/mol. The molecule has 36 heavy (non-hydrogen) atoms. The zero-order chi connectivity index (χ0) is 26.0. The molecule has 3 aromatic carbocycles. The van der Waals surface area contributed by atoms with Gasteiger partial charge in [0.25, 0.3) is 5.91 Å². The smallest absolute Gasteiger partial charge is 0.416 e.